The minimum Gasteiger partial charge on any atom is -0.480 e. The van der Waals surface area contributed by atoms with Crippen LogP contribution in [0.3, 0.4) is 0 Å². The van der Waals surface area contributed by atoms with Crippen LogP contribution in [0.5, 0.6) is 5.75 Å². The molecule has 1 aromatic carbocycles. The monoisotopic (exact) mass is 358 g/mol. The number of nitrogens with zero attached hydrogens (tertiary/aromatic N) is 1. The van der Waals surface area contributed by atoms with Gasteiger partial charge in [0, 0.05) is 29.1 Å². The number of benzene rings is 1. The quantitative estimate of drug-likeness (QED) is 0.706. The highest BCUT2D eigenvalue weighted by Gasteiger charge is 2.18. The molecule has 2 aromatic heterocycles. The van der Waals surface area contributed by atoms with Crippen LogP contribution in [0.25, 0.3) is 11.0 Å². The van der Waals surface area contributed by atoms with Crippen molar-refractivity contribution < 1.29 is 13.9 Å². The van der Waals surface area contributed by atoms with Gasteiger partial charge in [-0.2, -0.15) is 0 Å². The summed E-state index contributed by atoms with van der Waals surface area (Å²) in [6.07, 6.45) is 1.63. The number of ether oxygens (including phenoxy) is 1. The smallest absolute Gasteiger partial charge is 0.336 e. The van der Waals surface area contributed by atoms with E-state index in [1.807, 2.05) is 19.9 Å². The first-order valence-electron chi connectivity index (χ1n) is 7.92. The summed E-state index contributed by atoms with van der Waals surface area (Å²) in [5.74, 6) is 0.244. The van der Waals surface area contributed by atoms with Crippen LogP contribution in [0.4, 0.5) is 5.13 Å². The van der Waals surface area contributed by atoms with Crippen molar-refractivity contribution in [2.45, 2.75) is 33.3 Å². The number of aromatic nitrogens is 1. The Morgan fingerprint density at radius 1 is 1.40 bits per heavy atom. The third kappa shape index (κ3) is 3.71. The van der Waals surface area contributed by atoms with Crippen LogP contribution in [-0.2, 0) is 11.2 Å². The van der Waals surface area contributed by atoms with Crippen molar-refractivity contribution in [1.82, 2.24) is 4.98 Å². The molecule has 0 saturated heterocycles. The summed E-state index contributed by atoms with van der Waals surface area (Å²) in [5.41, 5.74) is 1.83. The average Bonchev–Trinajstić information content (AvgIpc) is 3.07. The molecule has 0 saturated carbocycles. The zero-order valence-electron chi connectivity index (χ0n) is 14.2. The van der Waals surface area contributed by atoms with Gasteiger partial charge in [-0.1, -0.05) is 6.92 Å². The molecule has 1 amide bonds. The fraction of sp³-hybridized carbons (Fsp3) is 0.278. The molecular formula is C18H18N2O4S. The molecule has 1 unspecified atom stereocenters. The van der Waals surface area contributed by atoms with Gasteiger partial charge >= 0.3 is 5.63 Å². The molecule has 0 spiro atoms. The molecular weight excluding hydrogens is 340 g/mol. The number of fused-ring (bicyclic) bond motifs is 1. The molecule has 0 fully saturated rings. The van der Waals surface area contributed by atoms with Gasteiger partial charge in [-0.25, -0.2) is 9.78 Å². The van der Waals surface area contributed by atoms with Gasteiger partial charge in [-0.05, 0) is 37.5 Å². The third-order valence-corrected chi connectivity index (χ3v) is 4.54. The highest BCUT2D eigenvalue weighted by molar-refractivity contribution is 7.13. The van der Waals surface area contributed by atoms with E-state index >= 15 is 0 Å². The summed E-state index contributed by atoms with van der Waals surface area (Å²) in [7, 11) is 0. The molecule has 0 bridgehead atoms. The van der Waals surface area contributed by atoms with Gasteiger partial charge in [0.15, 0.2) is 11.2 Å². The van der Waals surface area contributed by atoms with E-state index in [0.717, 1.165) is 22.9 Å². The first-order chi connectivity index (χ1) is 12.0. The number of carbonyl (C=O) groups excluding carboxylic acids is 1. The predicted octanol–water partition coefficient (Wildman–Crippen LogP) is 3.53. The lowest BCUT2D eigenvalue weighted by molar-refractivity contribution is -0.122. The maximum atomic E-state index is 12.2. The second-order valence-corrected chi connectivity index (χ2v) is 6.54. The fourth-order valence-electron chi connectivity index (χ4n) is 2.51. The van der Waals surface area contributed by atoms with Gasteiger partial charge in [0.25, 0.3) is 5.91 Å². The molecule has 0 aliphatic heterocycles. The van der Waals surface area contributed by atoms with Crippen molar-refractivity contribution >= 4 is 33.3 Å². The topological polar surface area (TPSA) is 81.4 Å². The summed E-state index contributed by atoms with van der Waals surface area (Å²) < 4.78 is 11.1. The summed E-state index contributed by atoms with van der Waals surface area (Å²) in [5, 5.41) is 5.88. The molecule has 3 aromatic rings. The summed E-state index contributed by atoms with van der Waals surface area (Å²) in [4.78, 5) is 27.9. The minimum atomic E-state index is -0.719. The first-order valence-corrected chi connectivity index (χ1v) is 8.80. The Bertz CT molecular complexity index is 963. The minimum absolute atomic E-state index is 0.289. The molecule has 3 rings (SSSR count). The number of amides is 1. The maximum Gasteiger partial charge on any atom is 0.336 e. The van der Waals surface area contributed by atoms with Gasteiger partial charge in [0.05, 0.1) is 0 Å². The largest absolute Gasteiger partial charge is 0.480 e. The highest BCUT2D eigenvalue weighted by Crippen LogP contribution is 2.28. The number of hydrogen-bond donors (Lipinski definition) is 1. The number of hydrogen-bond acceptors (Lipinski definition) is 6. The molecule has 130 valence electrons. The Balaban J connectivity index is 1.89. The van der Waals surface area contributed by atoms with E-state index in [4.69, 9.17) is 9.15 Å². The average molecular weight is 358 g/mol. The molecule has 0 radical (unpaired) electrons. The van der Waals surface area contributed by atoms with E-state index in [1.54, 1.807) is 24.6 Å². The molecule has 0 aliphatic carbocycles. The summed E-state index contributed by atoms with van der Waals surface area (Å²) in [6.45, 7) is 5.53. The van der Waals surface area contributed by atoms with Crippen molar-refractivity contribution in [3.8, 4) is 5.75 Å². The number of aryl methyl sites for hydroxylation is 2. The number of carbonyl (C=O) groups is 1. The fourth-order valence-corrected chi connectivity index (χ4v) is 3.04. The normalized spacial score (nSPS) is 12.1. The molecule has 2 heterocycles. The van der Waals surface area contributed by atoms with Crippen LogP contribution in [0.1, 0.15) is 25.0 Å². The van der Waals surface area contributed by atoms with Gasteiger partial charge in [-0.3, -0.25) is 10.1 Å². The second-order valence-electron chi connectivity index (χ2n) is 5.64. The van der Waals surface area contributed by atoms with E-state index < -0.39 is 11.7 Å². The van der Waals surface area contributed by atoms with Gasteiger partial charge in [0.1, 0.15) is 11.3 Å². The molecule has 7 heteroatoms. The van der Waals surface area contributed by atoms with Gasteiger partial charge < -0.3 is 9.15 Å². The molecule has 0 aliphatic rings. The van der Waals surface area contributed by atoms with Crippen molar-refractivity contribution in [2.24, 2.45) is 0 Å². The van der Waals surface area contributed by atoms with Gasteiger partial charge in [0.2, 0.25) is 0 Å². The van der Waals surface area contributed by atoms with Crippen LogP contribution in [0.2, 0.25) is 0 Å². The highest BCUT2D eigenvalue weighted by atomic mass is 32.1. The zero-order valence-corrected chi connectivity index (χ0v) is 15.0. The lowest BCUT2D eigenvalue weighted by Crippen LogP contribution is -2.30. The molecule has 25 heavy (non-hydrogen) atoms. The van der Waals surface area contributed by atoms with Crippen LogP contribution < -0.4 is 15.7 Å². The number of nitrogens with one attached hydrogen (secondary N) is 1. The number of anilines is 1. The Hall–Kier alpha value is -2.67. The van der Waals surface area contributed by atoms with Crippen LogP contribution in [-0.4, -0.2) is 17.0 Å². The Kier molecular flexibility index (Phi) is 4.85. The molecule has 6 nitrogen and oxygen atoms in total. The van der Waals surface area contributed by atoms with Crippen LogP contribution in [0.15, 0.2) is 39.0 Å². The standard InChI is InChI=1S/C18H18N2O4S/c1-4-12-8-13-10(2)7-16(21)24-15(13)9-14(12)23-11(3)17(22)20-18-19-5-6-25-18/h5-9,11H,4H2,1-3H3,(H,19,20,22). The van der Waals surface area contributed by atoms with Crippen molar-refractivity contribution in [2.75, 3.05) is 5.32 Å². The van der Waals surface area contributed by atoms with E-state index in [0.29, 0.717) is 16.5 Å². The van der Waals surface area contributed by atoms with E-state index in [-0.39, 0.29) is 5.91 Å². The predicted molar refractivity (Wildman–Crippen MR) is 97.4 cm³/mol. The van der Waals surface area contributed by atoms with E-state index in [1.165, 1.54) is 17.4 Å². The number of rotatable bonds is 5. The maximum absolute atomic E-state index is 12.2. The first kappa shape index (κ1) is 17.2. The van der Waals surface area contributed by atoms with Crippen LogP contribution in [0, 0.1) is 6.92 Å². The Morgan fingerprint density at radius 2 is 2.20 bits per heavy atom. The van der Waals surface area contributed by atoms with Gasteiger partial charge in [-0.15, -0.1) is 11.3 Å². The SMILES string of the molecule is CCc1cc2c(C)cc(=O)oc2cc1OC(C)C(=O)Nc1nccs1. The van der Waals surface area contributed by atoms with E-state index in [9.17, 15) is 9.59 Å². The second kappa shape index (κ2) is 7.06. The van der Waals surface area contributed by atoms with Crippen molar-refractivity contribution in [3.05, 3.63) is 51.3 Å². The third-order valence-electron chi connectivity index (χ3n) is 3.85. The van der Waals surface area contributed by atoms with Crippen molar-refractivity contribution in [1.29, 1.82) is 0 Å². The summed E-state index contributed by atoms with van der Waals surface area (Å²) >= 11 is 1.34. The number of thiazole rings is 1. The molecule has 1 N–H and O–H groups in total. The Morgan fingerprint density at radius 3 is 2.88 bits per heavy atom. The molecule has 1 atom stereocenters. The zero-order chi connectivity index (χ0) is 18.0. The lowest BCUT2D eigenvalue weighted by Gasteiger charge is -2.17. The van der Waals surface area contributed by atoms with Crippen molar-refractivity contribution in [3.63, 3.8) is 0 Å². The Labute approximate surface area is 148 Å². The van der Waals surface area contributed by atoms with E-state index in [2.05, 4.69) is 10.3 Å². The summed E-state index contributed by atoms with van der Waals surface area (Å²) in [6, 6.07) is 5.08. The van der Waals surface area contributed by atoms with Crippen LogP contribution >= 0.6 is 11.3 Å². The lowest BCUT2D eigenvalue weighted by atomic mass is 10.1.